The second-order valence-corrected chi connectivity index (χ2v) is 0.949. The van der Waals surface area contributed by atoms with E-state index in [1.165, 1.54) is 8.20 Å². The summed E-state index contributed by atoms with van der Waals surface area (Å²) in [5.41, 5.74) is 0. The van der Waals surface area contributed by atoms with Gasteiger partial charge < -0.3 is 0 Å². The molecule has 0 aliphatic heterocycles. The van der Waals surface area contributed by atoms with Gasteiger partial charge in [0.05, 0.1) is 0 Å². The Hall–Kier alpha value is 7.34. The quantitative estimate of drug-likeness (QED) is 0.318. The van der Waals surface area contributed by atoms with E-state index in [-0.39, 0.29) is 215 Å². The first kappa shape index (κ1) is 63.2. The Balaban J connectivity index is -0.000000000714. The zero-order valence-corrected chi connectivity index (χ0v) is 30.1. The minimum atomic E-state index is 0. The van der Waals surface area contributed by atoms with Crippen LogP contribution in [0.2, 0.25) is 0 Å². The van der Waals surface area contributed by atoms with Crippen LogP contribution >= 0.6 is 8.20 Å². The van der Waals surface area contributed by atoms with Gasteiger partial charge in [-0.15, -0.1) is 8.20 Å². The van der Waals surface area contributed by atoms with Gasteiger partial charge in [-0.05, 0) is 6.66 Å². The fraction of sp³-hybridized carbons (Fsp3) is 0.500. The molecule has 54 valence electrons. The van der Waals surface area contributed by atoms with E-state index < -0.39 is 0 Å². The molecular formula is C2H5PW4Y4. The molecule has 0 fully saturated rings. The van der Waals surface area contributed by atoms with Gasteiger partial charge in [-0.25, -0.2) is 0 Å². The molecule has 0 saturated carbocycles. The van der Waals surface area contributed by atoms with Crippen molar-refractivity contribution in [1.29, 1.82) is 0 Å². The zero-order valence-electron chi connectivity index (χ0n) is 6.10. The summed E-state index contributed by atoms with van der Waals surface area (Å²) in [6.45, 7) is 1.99. The molecule has 0 amide bonds. The number of hydrogen-bond acceptors (Lipinski definition) is 0. The van der Waals surface area contributed by atoms with Crippen LogP contribution in [0.5, 0.6) is 0 Å². The van der Waals surface area contributed by atoms with Crippen LogP contribution in [0.4, 0.5) is 0 Å². The summed E-state index contributed by atoms with van der Waals surface area (Å²) in [5, 5.41) is 0. The largest absolute Gasteiger partial charge is 0.116 e. The van der Waals surface area contributed by atoms with Crippen LogP contribution in [0.25, 0.3) is 0 Å². The van der Waals surface area contributed by atoms with Crippen LogP contribution in [-0.2, 0) is 215 Å². The molecule has 0 unspecified atom stereocenters. The maximum atomic E-state index is 3.46. The Bertz CT molecular complexity index is 27.6. The number of rotatable bonds is 0. The second kappa shape index (κ2) is 66.6. The molecule has 0 aliphatic rings. The van der Waals surface area contributed by atoms with Crippen molar-refractivity contribution in [1.82, 2.24) is 0 Å². The predicted molar refractivity (Wildman–Crippen MR) is 20.0 cm³/mol. The smallest absolute Gasteiger partial charge is 0 e. The number of hydrogen-bond donors (Lipinski definition) is 0. The van der Waals surface area contributed by atoms with E-state index in [2.05, 4.69) is 6.30 Å². The fourth-order valence-electron chi connectivity index (χ4n) is 0. The molecule has 0 aromatic rings. The van der Waals surface area contributed by atoms with E-state index in [0.717, 1.165) is 0 Å². The van der Waals surface area contributed by atoms with Gasteiger partial charge in [0.2, 0.25) is 0 Å². The van der Waals surface area contributed by atoms with Crippen LogP contribution in [0.15, 0.2) is 0 Å². The maximum absolute atomic E-state index is 3.46. The molecule has 0 heterocycles. The summed E-state index contributed by atoms with van der Waals surface area (Å²) in [6.07, 6.45) is 3.46. The summed E-state index contributed by atoms with van der Waals surface area (Å²) < 4.78 is 0. The Morgan fingerprint density at radius 3 is 0.727 bits per heavy atom. The van der Waals surface area contributed by atoms with Gasteiger partial charge >= 0.3 is 0 Å². The molecule has 0 aliphatic carbocycles. The molecule has 0 spiro atoms. The van der Waals surface area contributed by atoms with Crippen molar-refractivity contribution < 1.29 is 215 Å². The molecule has 0 aromatic carbocycles. The molecule has 9 heteroatoms. The van der Waals surface area contributed by atoms with Crippen molar-refractivity contribution in [3.8, 4) is 0 Å². The molecule has 0 nitrogen and oxygen atoms in total. The molecule has 0 rings (SSSR count). The first-order valence-electron chi connectivity index (χ1n) is 0.763. The van der Waals surface area contributed by atoms with Gasteiger partial charge in [-0.3, -0.25) is 0 Å². The second-order valence-electron chi connectivity index (χ2n) is 0.316. The standard InChI is InChI=1S/C2H5P.4W.4Y/c1-3-2;;;;;;;;/h1H2,2H3;;;;;;;;. The van der Waals surface area contributed by atoms with E-state index in [1.54, 1.807) is 0 Å². The van der Waals surface area contributed by atoms with Crippen LogP contribution < -0.4 is 0 Å². The van der Waals surface area contributed by atoms with Crippen molar-refractivity contribution in [2.75, 3.05) is 6.66 Å². The normalized spacial score (nSPS) is 1.91. The zero-order chi connectivity index (χ0) is 2.71. The fourth-order valence-corrected chi connectivity index (χ4v) is 0. The van der Waals surface area contributed by atoms with Crippen LogP contribution in [-0.4, -0.2) is 13.0 Å². The SMILES string of the molecule is C=PC.[W].[W].[W].[W].[Y].[Y].[Y].[Y]. The molecule has 4 radical (unpaired) electrons. The molecule has 0 saturated heterocycles. The van der Waals surface area contributed by atoms with E-state index in [1.807, 2.05) is 6.66 Å². The minimum absolute atomic E-state index is 0. The van der Waals surface area contributed by atoms with Crippen molar-refractivity contribution in [2.45, 2.75) is 0 Å². The molecule has 0 aromatic heterocycles. The third-order valence-electron chi connectivity index (χ3n) is 0. The van der Waals surface area contributed by atoms with Gasteiger partial charge in [0.1, 0.15) is 0 Å². The van der Waals surface area contributed by atoms with Gasteiger partial charge in [-0.2, -0.15) is 0 Å². The molecule has 0 N–H and O–H groups in total. The summed E-state index contributed by atoms with van der Waals surface area (Å²) in [5.74, 6) is 0. The van der Waals surface area contributed by atoms with Gasteiger partial charge in [0, 0.05) is 215 Å². The summed E-state index contributed by atoms with van der Waals surface area (Å²) in [6, 6.07) is 0. The van der Waals surface area contributed by atoms with Crippen LogP contribution in [0.3, 0.4) is 0 Å². The maximum Gasteiger partial charge on any atom is 0 e. The average Bonchev–Trinajstić information content (AvgIpc) is 0.918. The monoisotopic (exact) mass is 1150 g/mol. The van der Waals surface area contributed by atoms with Gasteiger partial charge in [-0.1, -0.05) is 6.30 Å². The van der Waals surface area contributed by atoms with Gasteiger partial charge in [0.25, 0.3) is 0 Å². The predicted octanol–water partition coefficient (Wildman–Crippen LogP) is 0.974. The van der Waals surface area contributed by atoms with Gasteiger partial charge in [0.15, 0.2) is 0 Å². The van der Waals surface area contributed by atoms with E-state index in [4.69, 9.17) is 0 Å². The molecule has 0 atom stereocenters. The Kier molecular flexibility index (Phi) is 383. The topological polar surface area (TPSA) is 0 Å². The Morgan fingerprint density at radius 2 is 0.727 bits per heavy atom. The van der Waals surface area contributed by atoms with Crippen molar-refractivity contribution in [2.24, 2.45) is 0 Å². The molecule has 11 heavy (non-hydrogen) atoms. The first-order valence-corrected chi connectivity index (χ1v) is 2.29. The van der Waals surface area contributed by atoms with Crippen molar-refractivity contribution >= 4 is 14.5 Å². The van der Waals surface area contributed by atoms with Crippen molar-refractivity contribution in [3.05, 3.63) is 0 Å². The molecule has 0 bridgehead atoms. The summed E-state index contributed by atoms with van der Waals surface area (Å²) in [7, 11) is 1.17. The summed E-state index contributed by atoms with van der Waals surface area (Å²) in [4.78, 5) is 0. The first-order chi connectivity index (χ1) is 1.41. The molecular weight excluding hydrogens is 1150 g/mol. The van der Waals surface area contributed by atoms with E-state index in [9.17, 15) is 0 Å². The van der Waals surface area contributed by atoms with Crippen LogP contribution in [0.1, 0.15) is 0 Å². The Labute approximate surface area is 229 Å². The average molecular weight is 1150 g/mol. The van der Waals surface area contributed by atoms with E-state index in [0.29, 0.717) is 0 Å². The summed E-state index contributed by atoms with van der Waals surface area (Å²) >= 11 is 0. The van der Waals surface area contributed by atoms with Crippen molar-refractivity contribution in [3.63, 3.8) is 0 Å². The third kappa shape index (κ3) is 75.7. The van der Waals surface area contributed by atoms with E-state index >= 15 is 0 Å². The van der Waals surface area contributed by atoms with Crippen LogP contribution in [0, 0.1) is 0 Å². The Morgan fingerprint density at radius 1 is 0.727 bits per heavy atom. The minimum Gasteiger partial charge on any atom is -0.116 e. The third-order valence-corrected chi connectivity index (χ3v) is 0.